The van der Waals surface area contributed by atoms with E-state index in [0.717, 1.165) is 18.4 Å². The smallest absolute Gasteiger partial charge is 0.255 e. The highest BCUT2D eigenvalue weighted by Gasteiger charge is 2.26. The molecule has 3 aromatic rings. The monoisotopic (exact) mass is 364 g/mol. The minimum atomic E-state index is -0.237. The molecule has 0 spiro atoms. The highest BCUT2D eigenvalue weighted by molar-refractivity contribution is 6.01. The summed E-state index contributed by atoms with van der Waals surface area (Å²) >= 11 is 0. The Morgan fingerprint density at radius 2 is 2.19 bits per heavy atom. The first-order chi connectivity index (χ1) is 13.1. The topological polar surface area (TPSA) is 103 Å². The zero-order valence-corrected chi connectivity index (χ0v) is 14.9. The van der Waals surface area contributed by atoms with Crippen LogP contribution >= 0.6 is 0 Å². The van der Waals surface area contributed by atoms with Crippen LogP contribution < -0.4 is 16.6 Å². The van der Waals surface area contributed by atoms with Gasteiger partial charge in [-0.3, -0.25) is 9.59 Å². The van der Waals surface area contributed by atoms with Crippen LogP contribution in [0.1, 0.15) is 30.1 Å². The summed E-state index contributed by atoms with van der Waals surface area (Å²) in [6.45, 7) is 2.44. The number of hydrogen-bond donors (Lipinski definition) is 2. The molecule has 3 heterocycles. The van der Waals surface area contributed by atoms with Crippen LogP contribution in [0, 0.1) is 0 Å². The summed E-state index contributed by atoms with van der Waals surface area (Å²) in [4.78, 5) is 29.0. The van der Waals surface area contributed by atoms with Gasteiger partial charge in [-0.25, -0.2) is 4.98 Å². The Kier molecular flexibility index (Phi) is 4.27. The molecule has 1 aliphatic rings. The normalized spacial score (nSPS) is 13.5. The molecule has 0 atom stereocenters. The second-order valence-corrected chi connectivity index (χ2v) is 6.58. The van der Waals surface area contributed by atoms with E-state index >= 15 is 0 Å². The zero-order chi connectivity index (χ0) is 19.0. The molecule has 1 amide bonds. The van der Waals surface area contributed by atoms with Crippen LogP contribution in [0.2, 0.25) is 0 Å². The Balaban J connectivity index is 1.88. The van der Waals surface area contributed by atoms with Gasteiger partial charge >= 0.3 is 0 Å². The van der Waals surface area contributed by atoms with Crippen molar-refractivity contribution in [3.63, 3.8) is 0 Å². The van der Waals surface area contributed by atoms with Crippen LogP contribution in [0.15, 0.2) is 52.0 Å². The Bertz CT molecular complexity index is 1050. The van der Waals surface area contributed by atoms with Crippen LogP contribution in [-0.4, -0.2) is 21.5 Å². The van der Waals surface area contributed by atoms with Gasteiger partial charge in [0.1, 0.15) is 11.5 Å². The number of anilines is 1. The predicted octanol–water partition coefficient (Wildman–Crippen LogP) is 2.66. The number of carbonyl (C=O) groups excluding carboxylic acids is 1. The van der Waals surface area contributed by atoms with Gasteiger partial charge in [-0.15, -0.1) is 0 Å². The number of aromatic nitrogens is 2. The summed E-state index contributed by atoms with van der Waals surface area (Å²) < 4.78 is 7.10. The average molecular weight is 364 g/mol. The van der Waals surface area contributed by atoms with Crippen LogP contribution in [-0.2, 0) is 6.54 Å². The maximum absolute atomic E-state index is 12.6. The van der Waals surface area contributed by atoms with Gasteiger partial charge in [0.05, 0.1) is 11.8 Å². The number of nitrogens with one attached hydrogen (secondary N) is 1. The summed E-state index contributed by atoms with van der Waals surface area (Å²) in [5.74, 6) is 0.450. The molecule has 0 radical (unpaired) electrons. The molecule has 7 heteroatoms. The van der Waals surface area contributed by atoms with Crippen LogP contribution in [0.5, 0.6) is 0 Å². The number of rotatable bonds is 5. The Labute approximate surface area is 155 Å². The summed E-state index contributed by atoms with van der Waals surface area (Å²) in [6, 6.07) is 8.70. The van der Waals surface area contributed by atoms with Gasteiger partial charge in [-0.1, -0.05) is 0 Å². The van der Waals surface area contributed by atoms with Crippen molar-refractivity contribution >= 4 is 11.7 Å². The molecule has 1 aliphatic carbocycles. The Morgan fingerprint density at radius 3 is 2.85 bits per heavy atom. The van der Waals surface area contributed by atoms with Gasteiger partial charge in [0.25, 0.3) is 11.5 Å². The lowest BCUT2D eigenvalue weighted by atomic mass is 10.0. The van der Waals surface area contributed by atoms with Crippen molar-refractivity contribution < 1.29 is 9.21 Å². The van der Waals surface area contributed by atoms with E-state index < -0.39 is 0 Å². The van der Waals surface area contributed by atoms with Crippen LogP contribution in [0.4, 0.5) is 5.82 Å². The summed E-state index contributed by atoms with van der Waals surface area (Å²) in [6.07, 6.45) is 5.28. The van der Waals surface area contributed by atoms with Gasteiger partial charge in [0.2, 0.25) is 0 Å². The quantitative estimate of drug-likeness (QED) is 0.724. The standard InChI is InChI=1S/C20H20N4O3/c1-2-24-11-12(5-8-17(24)25)14-10-15(20(26)22-13-6-7-13)19(21)23-18(14)16-4-3-9-27-16/h3-5,8-11,13H,2,6-7H2,1H3,(H2,21,23)(H,22,26). The molecule has 1 saturated carbocycles. The van der Waals surface area contributed by atoms with Gasteiger partial charge in [0.15, 0.2) is 5.76 Å². The molecular formula is C20H20N4O3. The largest absolute Gasteiger partial charge is 0.463 e. The lowest BCUT2D eigenvalue weighted by molar-refractivity contribution is 0.0951. The van der Waals surface area contributed by atoms with Gasteiger partial charge in [-0.05, 0) is 44.0 Å². The molecule has 0 unspecified atom stereocenters. The maximum Gasteiger partial charge on any atom is 0.255 e. The SMILES string of the molecule is CCn1cc(-c2cc(C(=O)NC3CC3)c(N)nc2-c2ccco2)ccc1=O. The predicted molar refractivity (Wildman–Crippen MR) is 102 cm³/mol. The van der Waals surface area contributed by atoms with Crippen molar-refractivity contribution in [2.24, 2.45) is 0 Å². The van der Waals surface area contributed by atoms with Crippen molar-refractivity contribution in [3.05, 3.63) is 58.7 Å². The number of furan rings is 1. The van der Waals surface area contributed by atoms with Crippen molar-refractivity contribution in [1.82, 2.24) is 14.9 Å². The highest BCUT2D eigenvalue weighted by atomic mass is 16.3. The molecule has 1 fully saturated rings. The van der Waals surface area contributed by atoms with Crippen molar-refractivity contribution in [2.45, 2.75) is 32.4 Å². The summed E-state index contributed by atoms with van der Waals surface area (Å²) in [5, 5.41) is 2.94. The number of nitrogen functional groups attached to an aromatic ring is 1. The fraction of sp³-hybridized carbons (Fsp3) is 0.250. The average Bonchev–Trinajstić information content (AvgIpc) is 3.31. The van der Waals surface area contributed by atoms with Gasteiger partial charge in [-0.2, -0.15) is 0 Å². The van der Waals surface area contributed by atoms with Gasteiger partial charge < -0.3 is 20.0 Å². The number of nitrogens with zero attached hydrogens (tertiary/aromatic N) is 2. The van der Waals surface area contributed by atoms with E-state index in [9.17, 15) is 9.59 Å². The van der Waals surface area contributed by atoms with E-state index in [1.54, 1.807) is 41.3 Å². The molecule has 4 rings (SSSR count). The molecule has 3 aromatic heterocycles. The lowest BCUT2D eigenvalue weighted by Crippen LogP contribution is -2.26. The van der Waals surface area contributed by atoms with Crippen molar-refractivity contribution in [1.29, 1.82) is 0 Å². The zero-order valence-electron chi connectivity index (χ0n) is 14.9. The van der Waals surface area contributed by atoms with E-state index in [0.29, 0.717) is 29.1 Å². The molecule has 0 aromatic carbocycles. The highest BCUT2D eigenvalue weighted by Crippen LogP contribution is 2.33. The molecule has 27 heavy (non-hydrogen) atoms. The van der Waals surface area contributed by atoms with E-state index in [1.807, 2.05) is 6.92 Å². The van der Waals surface area contributed by atoms with Crippen molar-refractivity contribution in [3.8, 4) is 22.6 Å². The van der Waals surface area contributed by atoms with Crippen LogP contribution in [0.25, 0.3) is 22.6 Å². The first-order valence-electron chi connectivity index (χ1n) is 8.93. The van der Waals surface area contributed by atoms with E-state index in [-0.39, 0.29) is 23.3 Å². The van der Waals surface area contributed by atoms with E-state index in [4.69, 9.17) is 10.2 Å². The molecule has 0 saturated heterocycles. The molecule has 7 nitrogen and oxygen atoms in total. The fourth-order valence-corrected chi connectivity index (χ4v) is 2.96. The first-order valence-corrected chi connectivity index (χ1v) is 8.93. The number of amides is 1. The second-order valence-electron chi connectivity index (χ2n) is 6.58. The fourth-order valence-electron chi connectivity index (χ4n) is 2.96. The minimum Gasteiger partial charge on any atom is -0.463 e. The lowest BCUT2D eigenvalue weighted by Gasteiger charge is -2.13. The third kappa shape index (κ3) is 3.36. The molecule has 0 bridgehead atoms. The minimum absolute atomic E-state index is 0.0871. The molecular weight excluding hydrogens is 344 g/mol. The third-order valence-corrected chi connectivity index (χ3v) is 4.60. The van der Waals surface area contributed by atoms with Gasteiger partial charge in [0, 0.05) is 36.0 Å². The number of pyridine rings is 2. The molecule has 0 aliphatic heterocycles. The number of carbonyl (C=O) groups is 1. The van der Waals surface area contributed by atoms with Crippen molar-refractivity contribution in [2.75, 3.05) is 5.73 Å². The summed E-state index contributed by atoms with van der Waals surface area (Å²) in [7, 11) is 0. The van der Waals surface area contributed by atoms with Crippen LogP contribution in [0.3, 0.4) is 0 Å². The van der Waals surface area contributed by atoms with E-state index in [1.165, 1.54) is 6.07 Å². The third-order valence-electron chi connectivity index (χ3n) is 4.60. The summed E-state index contributed by atoms with van der Waals surface area (Å²) in [5.41, 5.74) is 8.29. The molecule has 138 valence electrons. The molecule has 3 N–H and O–H groups in total. The first kappa shape index (κ1) is 17.1. The Morgan fingerprint density at radius 1 is 1.37 bits per heavy atom. The van der Waals surface area contributed by atoms with E-state index in [2.05, 4.69) is 10.3 Å². The Hall–Kier alpha value is -3.35. The maximum atomic E-state index is 12.6. The number of aryl methyl sites for hydroxylation is 1. The number of hydrogen-bond acceptors (Lipinski definition) is 5. The second kappa shape index (κ2) is 6.75. The number of nitrogens with two attached hydrogens (primary N) is 1.